The van der Waals surface area contributed by atoms with Gasteiger partial charge >= 0.3 is 0 Å². The van der Waals surface area contributed by atoms with Crippen molar-refractivity contribution in [3.05, 3.63) is 29.6 Å². The average molecular weight is 271 g/mol. The van der Waals surface area contributed by atoms with E-state index in [1.807, 2.05) is 32.9 Å². The van der Waals surface area contributed by atoms with Crippen LogP contribution in [0.1, 0.15) is 30.0 Å². The standard InChI is InChI=1S/C11H15BrN2O/c1-8-5-4-6-9(13-8)10(15)14-11(2,3)7-12/h4-6H,7H2,1-3H3,(H,14,15). The molecule has 1 N–H and O–H groups in total. The minimum absolute atomic E-state index is 0.136. The molecule has 0 saturated carbocycles. The van der Waals surface area contributed by atoms with Crippen LogP contribution in [0.15, 0.2) is 18.2 Å². The van der Waals surface area contributed by atoms with E-state index < -0.39 is 0 Å². The summed E-state index contributed by atoms with van der Waals surface area (Å²) in [5.74, 6) is -0.136. The molecule has 1 heterocycles. The van der Waals surface area contributed by atoms with Gasteiger partial charge < -0.3 is 5.32 Å². The molecule has 0 atom stereocenters. The molecule has 1 amide bonds. The molecule has 0 fully saturated rings. The number of aromatic nitrogens is 1. The molecule has 0 aliphatic heterocycles. The summed E-state index contributed by atoms with van der Waals surface area (Å²) in [5, 5.41) is 3.61. The maximum atomic E-state index is 11.8. The summed E-state index contributed by atoms with van der Waals surface area (Å²) in [6.07, 6.45) is 0. The van der Waals surface area contributed by atoms with E-state index in [0.29, 0.717) is 11.0 Å². The maximum absolute atomic E-state index is 11.8. The Balaban J connectivity index is 2.78. The molecule has 0 aliphatic rings. The number of hydrogen-bond donors (Lipinski definition) is 1. The van der Waals surface area contributed by atoms with Gasteiger partial charge in [0, 0.05) is 16.6 Å². The van der Waals surface area contributed by atoms with Crippen molar-refractivity contribution in [2.45, 2.75) is 26.3 Å². The third-order valence-electron chi connectivity index (χ3n) is 1.91. The number of carbonyl (C=O) groups excluding carboxylic acids is 1. The minimum Gasteiger partial charge on any atom is -0.345 e. The summed E-state index contributed by atoms with van der Waals surface area (Å²) in [6.45, 7) is 5.78. The largest absolute Gasteiger partial charge is 0.345 e. The van der Waals surface area contributed by atoms with Crippen LogP contribution in [0.3, 0.4) is 0 Å². The second kappa shape index (κ2) is 4.75. The van der Waals surface area contributed by atoms with E-state index in [4.69, 9.17) is 0 Å². The smallest absolute Gasteiger partial charge is 0.270 e. The van der Waals surface area contributed by atoms with Crippen LogP contribution in [0.2, 0.25) is 0 Å². The Morgan fingerprint density at radius 3 is 2.73 bits per heavy atom. The van der Waals surface area contributed by atoms with E-state index in [1.54, 1.807) is 6.07 Å². The Hall–Kier alpha value is -0.900. The summed E-state index contributed by atoms with van der Waals surface area (Å²) < 4.78 is 0. The molecule has 3 nitrogen and oxygen atoms in total. The zero-order valence-corrected chi connectivity index (χ0v) is 10.8. The molecule has 0 unspecified atom stereocenters. The summed E-state index contributed by atoms with van der Waals surface area (Å²) in [4.78, 5) is 15.9. The number of halogens is 1. The first-order valence-electron chi connectivity index (χ1n) is 4.77. The molecule has 15 heavy (non-hydrogen) atoms. The highest BCUT2D eigenvalue weighted by atomic mass is 79.9. The normalized spacial score (nSPS) is 11.2. The molecule has 0 spiro atoms. The molecule has 0 bridgehead atoms. The lowest BCUT2D eigenvalue weighted by atomic mass is 10.1. The molecule has 82 valence electrons. The third kappa shape index (κ3) is 3.63. The molecule has 0 saturated heterocycles. The molecule has 0 aromatic carbocycles. The first-order chi connectivity index (χ1) is 6.94. The van der Waals surface area contributed by atoms with Gasteiger partial charge in [0.05, 0.1) is 0 Å². The molecule has 1 aromatic rings. The van der Waals surface area contributed by atoms with Crippen molar-refractivity contribution in [2.75, 3.05) is 5.33 Å². The second-order valence-corrected chi connectivity index (χ2v) is 4.70. The fourth-order valence-corrected chi connectivity index (χ4v) is 1.21. The Morgan fingerprint density at radius 1 is 1.53 bits per heavy atom. The van der Waals surface area contributed by atoms with Crippen molar-refractivity contribution in [2.24, 2.45) is 0 Å². The van der Waals surface area contributed by atoms with Gasteiger partial charge in [-0.05, 0) is 32.9 Å². The SMILES string of the molecule is Cc1cccc(C(=O)NC(C)(C)CBr)n1. The quantitative estimate of drug-likeness (QED) is 0.857. The molecule has 1 rings (SSSR count). The lowest BCUT2D eigenvalue weighted by Crippen LogP contribution is -2.45. The predicted octanol–water partition coefficient (Wildman–Crippen LogP) is 2.29. The molecule has 0 aliphatic carbocycles. The Morgan fingerprint density at radius 2 is 2.20 bits per heavy atom. The number of rotatable bonds is 3. The number of nitrogens with one attached hydrogen (secondary N) is 1. The van der Waals surface area contributed by atoms with Crippen molar-refractivity contribution in [3.8, 4) is 0 Å². The Bertz CT molecular complexity index is 363. The zero-order valence-electron chi connectivity index (χ0n) is 9.17. The van der Waals surface area contributed by atoms with E-state index in [2.05, 4.69) is 26.2 Å². The molecule has 1 aromatic heterocycles. The van der Waals surface area contributed by atoms with E-state index in [9.17, 15) is 4.79 Å². The van der Waals surface area contributed by atoms with Crippen LogP contribution in [0, 0.1) is 6.92 Å². The average Bonchev–Trinajstić information content (AvgIpc) is 2.17. The van der Waals surface area contributed by atoms with Crippen LogP contribution in [0.5, 0.6) is 0 Å². The van der Waals surface area contributed by atoms with Crippen LogP contribution < -0.4 is 5.32 Å². The van der Waals surface area contributed by atoms with Crippen molar-refractivity contribution in [1.29, 1.82) is 0 Å². The number of aryl methyl sites for hydroxylation is 1. The number of alkyl halides is 1. The topological polar surface area (TPSA) is 42.0 Å². The van der Waals surface area contributed by atoms with Gasteiger partial charge in [0.15, 0.2) is 0 Å². The predicted molar refractivity (Wildman–Crippen MR) is 64.3 cm³/mol. The summed E-state index contributed by atoms with van der Waals surface area (Å²) in [5.41, 5.74) is 1.05. The van der Waals surface area contributed by atoms with Gasteiger partial charge in [-0.25, -0.2) is 4.98 Å². The van der Waals surface area contributed by atoms with Gasteiger partial charge in [-0.2, -0.15) is 0 Å². The van der Waals surface area contributed by atoms with Crippen molar-refractivity contribution >= 4 is 21.8 Å². The number of pyridine rings is 1. The van der Waals surface area contributed by atoms with Crippen LogP contribution in [-0.2, 0) is 0 Å². The lowest BCUT2D eigenvalue weighted by Gasteiger charge is -2.23. The van der Waals surface area contributed by atoms with Gasteiger partial charge in [0.1, 0.15) is 5.69 Å². The van der Waals surface area contributed by atoms with E-state index in [1.165, 1.54) is 0 Å². The van der Waals surface area contributed by atoms with E-state index in [0.717, 1.165) is 5.69 Å². The summed E-state index contributed by atoms with van der Waals surface area (Å²) in [7, 11) is 0. The zero-order chi connectivity index (χ0) is 11.5. The van der Waals surface area contributed by atoms with E-state index in [-0.39, 0.29) is 11.4 Å². The molecule has 4 heteroatoms. The van der Waals surface area contributed by atoms with Crippen LogP contribution in [0.25, 0.3) is 0 Å². The van der Waals surface area contributed by atoms with Crippen LogP contribution >= 0.6 is 15.9 Å². The number of carbonyl (C=O) groups is 1. The lowest BCUT2D eigenvalue weighted by molar-refractivity contribution is 0.0916. The summed E-state index contributed by atoms with van der Waals surface area (Å²) >= 11 is 3.35. The van der Waals surface area contributed by atoms with Gasteiger partial charge in [0.25, 0.3) is 5.91 Å². The highest BCUT2D eigenvalue weighted by Gasteiger charge is 2.20. The second-order valence-electron chi connectivity index (χ2n) is 4.14. The number of amides is 1. The first-order valence-corrected chi connectivity index (χ1v) is 5.89. The van der Waals surface area contributed by atoms with E-state index >= 15 is 0 Å². The number of nitrogens with zero attached hydrogens (tertiary/aromatic N) is 1. The highest BCUT2D eigenvalue weighted by molar-refractivity contribution is 9.09. The highest BCUT2D eigenvalue weighted by Crippen LogP contribution is 2.07. The fourth-order valence-electron chi connectivity index (χ4n) is 1.07. The monoisotopic (exact) mass is 270 g/mol. The fraction of sp³-hybridized carbons (Fsp3) is 0.455. The van der Waals surface area contributed by atoms with Crippen molar-refractivity contribution in [1.82, 2.24) is 10.3 Å². The maximum Gasteiger partial charge on any atom is 0.270 e. The number of hydrogen-bond acceptors (Lipinski definition) is 2. The molecular weight excluding hydrogens is 256 g/mol. The van der Waals surface area contributed by atoms with Crippen LogP contribution in [-0.4, -0.2) is 21.8 Å². The van der Waals surface area contributed by atoms with Gasteiger partial charge in [-0.1, -0.05) is 22.0 Å². The van der Waals surface area contributed by atoms with Gasteiger partial charge in [-0.15, -0.1) is 0 Å². The van der Waals surface area contributed by atoms with Crippen molar-refractivity contribution in [3.63, 3.8) is 0 Å². The Labute approximate surface area is 98.4 Å². The molecule has 0 radical (unpaired) electrons. The summed E-state index contributed by atoms with van der Waals surface area (Å²) in [6, 6.07) is 5.41. The first kappa shape index (κ1) is 12.2. The Kier molecular flexibility index (Phi) is 3.85. The third-order valence-corrected chi connectivity index (χ3v) is 3.31. The van der Waals surface area contributed by atoms with Gasteiger partial charge in [-0.3, -0.25) is 4.79 Å². The minimum atomic E-state index is -0.261. The van der Waals surface area contributed by atoms with Crippen molar-refractivity contribution < 1.29 is 4.79 Å². The van der Waals surface area contributed by atoms with Gasteiger partial charge in [0.2, 0.25) is 0 Å². The van der Waals surface area contributed by atoms with Crippen LogP contribution in [0.4, 0.5) is 0 Å². The molecular formula is C11H15BrN2O.